The van der Waals surface area contributed by atoms with Crippen LogP contribution in [-0.4, -0.2) is 28.4 Å². The Hall–Kier alpha value is -1.36. The largest absolute Gasteiger partial charge is 0.479 e. The molecule has 0 saturated heterocycles. The van der Waals surface area contributed by atoms with E-state index in [2.05, 4.69) is 0 Å². The Morgan fingerprint density at radius 2 is 2.10 bits per heavy atom. The maximum Gasteiger partial charge on any atom is 0.331 e. The van der Waals surface area contributed by atoms with E-state index in [4.69, 9.17) is 0 Å². The summed E-state index contributed by atoms with van der Waals surface area (Å²) in [4.78, 5) is 26.7. The lowest BCUT2D eigenvalue weighted by Crippen LogP contribution is -2.43. The first-order valence-electron chi connectivity index (χ1n) is 7.25. The predicted molar refractivity (Wildman–Crippen MR) is 76.7 cm³/mol. The number of carboxylic acid groups (broad SMARTS) is 1. The van der Waals surface area contributed by atoms with E-state index in [-0.39, 0.29) is 5.91 Å². The standard InChI is InChI=1S/C15H19NO3S/c17-13(9-10-3-1-2-4-10)16-7-5-12-11(6-8-20-12)14(16)15(18)19/h6,8,10,14H,1-5,7,9H2,(H,18,19). The van der Waals surface area contributed by atoms with Crippen LogP contribution >= 0.6 is 11.3 Å². The number of rotatable bonds is 3. The number of amides is 1. The fraction of sp³-hybridized carbons (Fsp3) is 0.600. The minimum absolute atomic E-state index is 0.0150. The van der Waals surface area contributed by atoms with Gasteiger partial charge < -0.3 is 10.0 Å². The minimum Gasteiger partial charge on any atom is -0.479 e. The van der Waals surface area contributed by atoms with Gasteiger partial charge in [-0.15, -0.1) is 11.3 Å². The SMILES string of the molecule is O=C(O)C1c2ccsc2CCN1C(=O)CC1CCCC1. The molecular formula is C15H19NO3S. The highest BCUT2D eigenvalue weighted by Gasteiger charge is 2.37. The topological polar surface area (TPSA) is 57.6 Å². The first-order valence-corrected chi connectivity index (χ1v) is 8.13. The molecular weight excluding hydrogens is 274 g/mol. The van der Waals surface area contributed by atoms with Crippen LogP contribution in [0.25, 0.3) is 0 Å². The molecule has 4 nitrogen and oxygen atoms in total. The first kappa shape index (κ1) is 13.6. The Morgan fingerprint density at radius 3 is 2.80 bits per heavy atom. The molecule has 1 saturated carbocycles. The molecule has 1 aliphatic heterocycles. The van der Waals surface area contributed by atoms with Gasteiger partial charge in [0.25, 0.3) is 0 Å². The van der Waals surface area contributed by atoms with Crippen molar-refractivity contribution in [3.8, 4) is 0 Å². The van der Waals surface area contributed by atoms with Crippen LogP contribution in [0.2, 0.25) is 0 Å². The van der Waals surface area contributed by atoms with E-state index in [1.54, 1.807) is 16.2 Å². The molecule has 3 rings (SSSR count). The van der Waals surface area contributed by atoms with Crippen LogP contribution in [0.15, 0.2) is 11.4 Å². The second kappa shape index (κ2) is 5.56. The molecule has 1 fully saturated rings. The summed E-state index contributed by atoms with van der Waals surface area (Å²) in [5, 5.41) is 11.4. The van der Waals surface area contributed by atoms with Gasteiger partial charge in [0, 0.05) is 17.8 Å². The first-order chi connectivity index (χ1) is 9.66. The molecule has 0 bridgehead atoms. The van der Waals surface area contributed by atoms with Crippen molar-refractivity contribution in [3.05, 3.63) is 21.9 Å². The van der Waals surface area contributed by atoms with Crippen molar-refractivity contribution in [2.45, 2.75) is 44.6 Å². The monoisotopic (exact) mass is 293 g/mol. The molecule has 1 aromatic rings. The summed E-state index contributed by atoms with van der Waals surface area (Å²) in [6.45, 7) is 0.538. The Balaban J connectivity index is 1.78. The quantitative estimate of drug-likeness (QED) is 0.932. The normalized spacial score (nSPS) is 22.8. The average Bonchev–Trinajstić information content (AvgIpc) is 3.06. The zero-order valence-electron chi connectivity index (χ0n) is 11.4. The molecule has 1 amide bonds. The Bertz CT molecular complexity index is 519. The van der Waals surface area contributed by atoms with Gasteiger partial charge >= 0.3 is 5.97 Å². The van der Waals surface area contributed by atoms with E-state index in [1.807, 2.05) is 11.4 Å². The van der Waals surface area contributed by atoms with Crippen molar-refractivity contribution in [3.63, 3.8) is 0 Å². The van der Waals surface area contributed by atoms with E-state index in [0.717, 1.165) is 29.7 Å². The summed E-state index contributed by atoms with van der Waals surface area (Å²) in [6, 6.07) is 1.08. The van der Waals surface area contributed by atoms with Gasteiger partial charge in [-0.05, 0) is 42.2 Å². The van der Waals surface area contributed by atoms with Gasteiger partial charge in [0.15, 0.2) is 6.04 Å². The molecule has 108 valence electrons. The van der Waals surface area contributed by atoms with Gasteiger partial charge in [-0.25, -0.2) is 4.79 Å². The van der Waals surface area contributed by atoms with Crippen LogP contribution in [0.5, 0.6) is 0 Å². The number of nitrogens with zero attached hydrogens (tertiary/aromatic N) is 1. The molecule has 5 heteroatoms. The highest BCUT2D eigenvalue weighted by molar-refractivity contribution is 7.10. The maximum atomic E-state index is 12.5. The highest BCUT2D eigenvalue weighted by atomic mass is 32.1. The third kappa shape index (κ3) is 2.46. The highest BCUT2D eigenvalue weighted by Crippen LogP contribution is 2.35. The Morgan fingerprint density at radius 1 is 1.35 bits per heavy atom. The number of carbonyl (C=O) groups excluding carboxylic acids is 1. The molecule has 2 heterocycles. The number of carboxylic acids is 1. The number of thiophene rings is 1. The minimum atomic E-state index is -0.913. The second-order valence-corrected chi connectivity index (χ2v) is 6.73. The van der Waals surface area contributed by atoms with Gasteiger partial charge in [0.2, 0.25) is 5.91 Å². The lowest BCUT2D eigenvalue weighted by molar-refractivity contribution is -0.151. The molecule has 0 aromatic carbocycles. The number of aliphatic carboxylic acids is 1. The maximum absolute atomic E-state index is 12.5. The fourth-order valence-corrected chi connectivity index (χ4v) is 4.33. The van der Waals surface area contributed by atoms with Crippen LogP contribution in [0.1, 0.15) is 48.6 Å². The van der Waals surface area contributed by atoms with Crippen molar-refractivity contribution < 1.29 is 14.7 Å². The number of carbonyl (C=O) groups is 2. The van der Waals surface area contributed by atoms with Crippen LogP contribution in [0, 0.1) is 5.92 Å². The van der Waals surface area contributed by atoms with E-state index in [9.17, 15) is 14.7 Å². The predicted octanol–water partition coefficient (Wildman–Crippen LogP) is 2.84. The van der Waals surface area contributed by atoms with Gasteiger partial charge in [0.1, 0.15) is 0 Å². The lowest BCUT2D eigenvalue weighted by Gasteiger charge is -2.33. The van der Waals surface area contributed by atoms with Gasteiger partial charge in [-0.2, -0.15) is 0 Å². The van der Waals surface area contributed by atoms with E-state index < -0.39 is 12.0 Å². The summed E-state index contributed by atoms with van der Waals surface area (Å²) in [5.74, 6) is -0.439. The third-order valence-electron chi connectivity index (χ3n) is 4.46. The number of hydrogen-bond acceptors (Lipinski definition) is 3. The molecule has 1 aromatic heterocycles. The number of hydrogen-bond donors (Lipinski definition) is 1. The molecule has 1 N–H and O–H groups in total. The third-order valence-corrected chi connectivity index (χ3v) is 5.45. The Kier molecular flexibility index (Phi) is 3.78. The Labute approximate surface area is 122 Å². The van der Waals surface area contributed by atoms with Gasteiger partial charge in [-0.1, -0.05) is 12.8 Å². The smallest absolute Gasteiger partial charge is 0.331 e. The van der Waals surface area contributed by atoms with Crippen LogP contribution in [0.4, 0.5) is 0 Å². The average molecular weight is 293 g/mol. The molecule has 0 spiro atoms. The summed E-state index contributed by atoms with van der Waals surface area (Å²) >= 11 is 1.59. The van der Waals surface area contributed by atoms with Gasteiger partial charge in [0.05, 0.1) is 0 Å². The lowest BCUT2D eigenvalue weighted by atomic mass is 9.97. The second-order valence-electron chi connectivity index (χ2n) is 5.73. The molecule has 2 aliphatic rings. The molecule has 1 aliphatic carbocycles. The van der Waals surface area contributed by atoms with Crippen molar-refractivity contribution in [2.24, 2.45) is 5.92 Å². The molecule has 20 heavy (non-hydrogen) atoms. The summed E-state index contributed by atoms with van der Waals surface area (Å²) in [6.07, 6.45) is 5.93. The summed E-state index contributed by atoms with van der Waals surface area (Å²) in [7, 11) is 0. The fourth-order valence-electron chi connectivity index (χ4n) is 3.43. The van der Waals surface area contributed by atoms with Crippen molar-refractivity contribution >= 4 is 23.2 Å². The van der Waals surface area contributed by atoms with Crippen LogP contribution < -0.4 is 0 Å². The zero-order valence-corrected chi connectivity index (χ0v) is 12.2. The van der Waals surface area contributed by atoms with E-state index in [1.165, 1.54) is 12.8 Å². The van der Waals surface area contributed by atoms with Crippen LogP contribution in [-0.2, 0) is 16.0 Å². The molecule has 1 unspecified atom stereocenters. The van der Waals surface area contributed by atoms with Gasteiger partial charge in [-0.3, -0.25) is 4.79 Å². The summed E-state index contributed by atoms with van der Waals surface area (Å²) in [5.41, 5.74) is 0.813. The van der Waals surface area contributed by atoms with E-state index in [0.29, 0.717) is 18.9 Å². The van der Waals surface area contributed by atoms with E-state index >= 15 is 0 Å². The number of fused-ring (bicyclic) bond motifs is 1. The molecule has 1 atom stereocenters. The summed E-state index contributed by atoms with van der Waals surface area (Å²) < 4.78 is 0. The van der Waals surface area contributed by atoms with Crippen LogP contribution in [0.3, 0.4) is 0 Å². The molecule has 0 radical (unpaired) electrons. The zero-order chi connectivity index (χ0) is 14.1. The van der Waals surface area contributed by atoms with Crippen molar-refractivity contribution in [1.29, 1.82) is 0 Å². The van der Waals surface area contributed by atoms with Crippen molar-refractivity contribution in [1.82, 2.24) is 4.90 Å². The van der Waals surface area contributed by atoms with Crippen molar-refractivity contribution in [2.75, 3.05) is 6.54 Å².